The Bertz CT molecular complexity index is 1060. The van der Waals surface area contributed by atoms with E-state index in [-0.39, 0.29) is 23.5 Å². The van der Waals surface area contributed by atoms with Crippen LogP contribution in [0.5, 0.6) is 11.5 Å². The number of aromatic nitrogens is 2. The molecule has 2 aromatic heterocycles. The summed E-state index contributed by atoms with van der Waals surface area (Å²) in [5, 5.41) is 3.62. The number of rotatable bonds is 4. The van der Waals surface area contributed by atoms with Crippen molar-refractivity contribution < 1.29 is 18.3 Å². The van der Waals surface area contributed by atoms with Crippen LogP contribution in [0.3, 0.4) is 0 Å². The first-order valence-corrected chi connectivity index (χ1v) is 9.56. The summed E-state index contributed by atoms with van der Waals surface area (Å²) in [6.45, 7) is 4.63. The van der Waals surface area contributed by atoms with E-state index in [1.807, 2.05) is 0 Å². The molecule has 0 saturated carbocycles. The Morgan fingerprint density at radius 3 is 2.79 bits per heavy atom. The second-order valence-electron chi connectivity index (χ2n) is 7.05. The van der Waals surface area contributed by atoms with Gasteiger partial charge in [-0.25, -0.2) is 18.8 Å². The van der Waals surface area contributed by atoms with Gasteiger partial charge in [0.15, 0.2) is 17.4 Å². The maximum atomic E-state index is 14.6. The molecular weight excluding hydrogens is 402 g/mol. The standard InChI is InChI=1S/C20H19ClF2N4O2/c1-10(2)15-4-6-28-20(27-15)26-11-7-13(22)18(14(23)8-11)29-16-3-5-24-19-17(16)12(21)9-25-19/h3,5,7-10,15H,4,6H2,1-2H3,(H,24,25)(H,26,27). The first kappa shape index (κ1) is 19.4. The maximum Gasteiger partial charge on any atom is 0.289 e. The van der Waals surface area contributed by atoms with E-state index in [2.05, 4.69) is 34.1 Å². The summed E-state index contributed by atoms with van der Waals surface area (Å²) in [4.78, 5) is 11.4. The monoisotopic (exact) mass is 420 g/mol. The van der Waals surface area contributed by atoms with Gasteiger partial charge < -0.3 is 19.8 Å². The number of H-pyrrole nitrogens is 1. The third kappa shape index (κ3) is 3.98. The largest absolute Gasteiger partial charge is 0.465 e. The van der Waals surface area contributed by atoms with Gasteiger partial charge >= 0.3 is 0 Å². The van der Waals surface area contributed by atoms with E-state index in [9.17, 15) is 8.78 Å². The second-order valence-corrected chi connectivity index (χ2v) is 7.46. The molecular formula is C20H19ClF2N4O2. The van der Waals surface area contributed by atoms with Crippen LogP contribution in [0.25, 0.3) is 11.0 Å². The van der Waals surface area contributed by atoms with Gasteiger partial charge in [-0.3, -0.25) is 0 Å². The van der Waals surface area contributed by atoms with Gasteiger partial charge in [0.25, 0.3) is 6.02 Å². The van der Waals surface area contributed by atoms with Crippen LogP contribution in [-0.2, 0) is 4.74 Å². The average Bonchev–Trinajstić information content (AvgIpc) is 3.07. The smallest absolute Gasteiger partial charge is 0.289 e. The first-order valence-electron chi connectivity index (χ1n) is 9.18. The SMILES string of the molecule is CC(C)C1CCOC(Nc2cc(F)c(Oc3ccnc4[nH]cc(Cl)c34)c(F)c2)=N1. The fraction of sp³-hybridized carbons (Fsp3) is 0.300. The molecule has 0 amide bonds. The molecule has 4 rings (SSSR count). The van der Waals surface area contributed by atoms with Crippen molar-refractivity contribution >= 4 is 34.3 Å². The lowest BCUT2D eigenvalue weighted by Crippen LogP contribution is -2.29. The van der Waals surface area contributed by atoms with Crippen LogP contribution in [0.2, 0.25) is 5.02 Å². The van der Waals surface area contributed by atoms with Crippen LogP contribution in [0, 0.1) is 17.6 Å². The number of aliphatic imine (C=N–C) groups is 1. The summed E-state index contributed by atoms with van der Waals surface area (Å²) < 4.78 is 40.2. The van der Waals surface area contributed by atoms with Gasteiger partial charge in [-0.15, -0.1) is 0 Å². The van der Waals surface area contributed by atoms with Crippen LogP contribution in [0.1, 0.15) is 20.3 Å². The van der Waals surface area contributed by atoms with Crippen LogP contribution < -0.4 is 10.1 Å². The molecule has 1 aliphatic rings. The molecule has 1 aliphatic heterocycles. The molecule has 29 heavy (non-hydrogen) atoms. The van der Waals surface area contributed by atoms with Crippen molar-refractivity contribution in [3.05, 3.63) is 47.2 Å². The topological polar surface area (TPSA) is 71.5 Å². The highest BCUT2D eigenvalue weighted by atomic mass is 35.5. The van der Waals surface area contributed by atoms with Crippen molar-refractivity contribution in [3.8, 4) is 11.5 Å². The minimum absolute atomic E-state index is 0.101. The number of pyridine rings is 1. The Morgan fingerprint density at radius 1 is 1.31 bits per heavy atom. The van der Waals surface area contributed by atoms with Crippen molar-refractivity contribution in [3.63, 3.8) is 0 Å². The Kier molecular flexibility index (Phi) is 5.27. The number of halogens is 3. The quantitative estimate of drug-likeness (QED) is 0.584. The predicted molar refractivity (Wildman–Crippen MR) is 108 cm³/mol. The molecule has 0 aliphatic carbocycles. The number of nitrogens with zero attached hydrogens (tertiary/aromatic N) is 2. The summed E-state index contributed by atoms with van der Waals surface area (Å²) in [5.74, 6) is -1.74. The van der Waals surface area contributed by atoms with E-state index in [0.29, 0.717) is 28.6 Å². The van der Waals surface area contributed by atoms with Crippen molar-refractivity contribution in [2.45, 2.75) is 26.3 Å². The molecule has 0 bridgehead atoms. The summed E-state index contributed by atoms with van der Waals surface area (Å²) >= 11 is 6.12. The molecule has 0 fully saturated rings. The normalized spacial score (nSPS) is 16.6. The summed E-state index contributed by atoms with van der Waals surface area (Å²) in [6.07, 6.45) is 3.79. The third-order valence-electron chi connectivity index (χ3n) is 4.65. The van der Waals surface area contributed by atoms with E-state index >= 15 is 0 Å². The summed E-state index contributed by atoms with van der Waals surface area (Å²) in [5.41, 5.74) is 0.633. The highest BCUT2D eigenvalue weighted by molar-refractivity contribution is 6.36. The molecule has 9 heteroatoms. The van der Waals surface area contributed by atoms with Crippen molar-refractivity contribution in [2.24, 2.45) is 10.9 Å². The van der Waals surface area contributed by atoms with E-state index in [0.717, 1.165) is 18.6 Å². The molecule has 2 N–H and O–H groups in total. The highest BCUT2D eigenvalue weighted by Gasteiger charge is 2.21. The molecule has 6 nitrogen and oxygen atoms in total. The van der Waals surface area contributed by atoms with Gasteiger partial charge in [0.1, 0.15) is 11.4 Å². The predicted octanol–water partition coefficient (Wildman–Crippen LogP) is 5.50. The van der Waals surface area contributed by atoms with Gasteiger partial charge in [-0.1, -0.05) is 25.4 Å². The number of fused-ring (bicyclic) bond motifs is 1. The van der Waals surface area contributed by atoms with Gasteiger partial charge in [0.2, 0.25) is 0 Å². The summed E-state index contributed by atoms with van der Waals surface area (Å²) in [7, 11) is 0. The van der Waals surface area contributed by atoms with Gasteiger partial charge in [0, 0.05) is 36.6 Å². The van der Waals surface area contributed by atoms with Crippen LogP contribution in [0.15, 0.2) is 35.6 Å². The summed E-state index contributed by atoms with van der Waals surface area (Å²) in [6, 6.07) is 4.09. The first-order chi connectivity index (χ1) is 13.9. The van der Waals surface area contributed by atoms with Crippen LogP contribution in [0.4, 0.5) is 14.5 Å². The number of benzene rings is 1. The second kappa shape index (κ2) is 7.87. The fourth-order valence-corrected chi connectivity index (χ4v) is 3.35. The van der Waals surface area contributed by atoms with Crippen molar-refractivity contribution in [2.75, 3.05) is 11.9 Å². The van der Waals surface area contributed by atoms with E-state index < -0.39 is 17.4 Å². The lowest BCUT2D eigenvalue weighted by molar-refractivity contribution is 0.241. The van der Waals surface area contributed by atoms with E-state index in [1.165, 1.54) is 18.5 Å². The third-order valence-corrected chi connectivity index (χ3v) is 4.95. The lowest BCUT2D eigenvalue weighted by atomic mass is 10.0. The molecule has 1 aromatic carbocycles. The molecule has 3 aromatic rings. The lowest BCUT2D eigenvalue weighted by Gasteiger charge is -2.24. The number of hydrogen-bond donors (Lipinski definition) is 2. The molecule has 0 spiro atoms. The zero-order chi connectivity index (χ0) is 20.5. The average molecular weight is 421 g/mol. The van der Waals surface area contributed by atoms with Crippen LogP contribution >= 0.6 is 11.6 Å². The van der Waals surface area contributed by atoms with Crippen molar-refractivity contribution in [1.82, 2.24) is 9.97 Å². The molecule has 152 valence electrons. The van der Waals surface area contributed by atoms with E-state index in [4.69, 9.17) is 21.1 Å². The zero-order valence-electron chi connectivity index (χ0n) is 15.8. The number of hydrogen-bond acceptors (Lipinski definition) is 5. The molecule has 3 heterocycles. The van der Waals surface area contributed by atoms with E-state index in [1.54, 1.807) is 0 Å². The Morgan fingerprint density at radius 2 is 2.07 bits per heavy atom. The Hall–Kier alpha value is -2.87. The number of amidine groups is 1. The molecule has 1 atom stereocenters. The van der Waals surface area contributed by atoms with Gasteiger partial charge in [-0.2, -0.15) is 0 Å². The molecule has 0 saturated heterocycles. The van der Waals surface area contributed by atoms with Gasteiger partial charge in [0.05, 0.1) is 23.1 Å². The number of nitrogens with one attached hydrogen (secondary N) is 2. The number of ether oxygens (including phenoxy) is 2. The molecule has 0 radical (unpaired) electrons. The Balaban J connectivity index is 1.60. The van der Waals surface area contributed by atoms with Gasteiger partial charge in [-0.05, 0) is 12.0 Å². The minimum atomic E-state index is -0.874. The van der Waals surface area contributed by atoms with Crippen molar-refractivity contribution in [1.29, 1.82) is 0 Å². The Labute approximate surface area is 170 Å². The number of aromatic amines is 1. The highest BCUT2D eigenvalue weighted by Crippen LogP contribution is 2.36. The maximum absolute atomic E-state index is 14.6. The fourth-order valence-electron chi connectivity index (χ4n) is 3.12. The molecule has 1 unspecified atom stereocenters. The number of anilines is 1. The van der Waals surface area contributed by atoms with Crippen LogP contribution in [-0.4, -0.2) is 28.6 Å². The minimum Gasteiger partial charge on any atom is -0.465 e. The zero-order valence-corrected chi connectivity index (χ0v) is 16.6.